The second-order valence-electron chi connectivity index (χ2n) is 6.80. The molecule has 3 rings (SSSR count). The Hall–Kier alpha value is -2.76. The lowest BCUT2D eigenvalue weighted by Crippen LogP contribution is -2.16. The third-order valence-electron chi connectivity index (χ3n) is 4.66. The predicted octanol–water partition coefficient (Wildman–Crippen LogP) is 5.41. The van der Waals surface area contributed by atoms with E-state index in [1.54, 1.807) is 26.4 Å². The zero-order chi connectivity index (χ0) is 21.3. The van der Waals surface area contributed by atoms with Crippen LogP contribution in [0.1, 0.15) is 16.7 Å². The molecule has 0 fully saturated rings. The van der Waals surface area contributed by atoms with Crippen LogP contribution in [-0.2, 0) is 19.6 Å². The standard InChI is InChI=1S/C24H25ClFNO3/c1-28-21-9-5-17(6-10-21)11-12-27-15-19-13-22(25)24(23(14-19)29-2)30-16-18-3-7-20(26)8-4-18/h3-10,13-14,27H,11-12,15-16H2,1-2H3. The van der Waals surface area contributed by atoms with Crippen molar-refractivity contribution in [3.05, 3.63) is 88.2 Å². The third kappa shape index (κ3) is 6.12. The van der Waals surface area contributed by atoms with Crippen molar-refractivity contribution in [3.8, 4) is 17.2 Å². The highest BCUT2D eigenvalue weighted by Gasteiger charge is 2.12. The van der Waals surface area contributed by atoms with Gasteiger partial charge >= 0.3 is 0 Å². The SMILES string of the molecule is COc1ccc(CCNCc2cc(Cl)c(OCc3ccc(F)cc3)c(OC)c2)cc1. The van der Waals surface area contributed by atoms with E-state index in [4.69, 9.17) is 25.8 Å². The van der Waals surface area contributed by atoms with Crippen LogP contribution in [0, 0.1) is 5.82 Å². The number of hydrogen-bond acceptors (Lipinski definition) is 4. The van der Waals surface area contributed by atoms with E-state index in [9.17, 15) is 4.39 Å². The highest BCUT2D eigenvalue weighted by Crippen LogP contribution is 2.37. The minimum Gasteiger partial charge on any atom is -0.497 e. The number of methoxy groups -OCH3 is 2. The Kier molecular flexibility index (Phi) is 7.94. The second kappa shape index (κ2) is 10.9. The van der Waals surface area contributed by atoms with E-state index < -0.39 is 0 Å². The molecule has 0 aliphatic heterocycles. The quantitative estimate of drug-likeness (QED) is 0.437. The summed E-state index contributed by atoms with van der Waals surface area (Å²) in [5, 5.41) is 3.89. The molecule has 0 aliphatic rings. The molecular formula is C24H25ClFNO3. The fraction of sp³-hybridized carbons (Fsp3) is 0.250. The highest BCUT2D eigenvalue weighted by atomic mass is 35.5. The van der Waals surface area contributed by atoms with Gasteiger partial charge in [-0.05, 0) is 66.1 Å². The number of rotatable bonds is 10. The molecule has 3 aromatic rings. The van der Waals surface area contributed by atoms with E-state index in [1.165, 1.54) is 17.7 Å². The van der Waals surface area contributed by atoms with Crippen molar-refractivity contribution in [2.45, 2.75) is 19.6 Å². The first-order chi connectivity index (χ1) is 14.6. The minimum atomic E-state index is -0.279. The maximum Gasteiger partial charge on any atom is 0.180 e. The summed E-state index contributed by atoms with van der Waals surface area (Å²) in [5.74, 6) is 1.62. The lowest BCUT2D eigenvalue weighted by atomic mass is 10.1. The molecule has 0 heterocycles. The van der Waals surface area contributed by atoms with Gasteiger partial charge in [0, 0.05) is 6.54 Å². The van der Waals surface area contributed by atoms with E-state index in [0.717, 1.165) is 29.8 Å². The van der Waals surface area contributed by atoms with Crippen LogP contribution in [0.4, 0.5) is 4.39 Å². The van der Waals surface area contributed by atoms with Gasteiger partial charge < -0.3 is 19.5 Å². The summed E-state index contributed by atoms with van der Waals surface area (Å²) < 4.78 is 29.5. The summed E-state index contributed by atoms with van der Waals surface area (Å²) in [4.78, 5) is 0. The van der Waals surface area contributed by atoms with Gasteiger partial charge in [0.25, 0.3) is 0 Å². The average molecular weight is 430 g/mol. The van der Waals surface area contributed by atoms with Gasteiger partial charge in [-0.15, -0.1) is 0 Å². The predicted molar refractivity (Wildman–Crippen MR) is 117 cm³/mol. The van der Waals surface area contributed by atoms with E-state index in [2.05, 4.69) is 17.4 Å². The zero-order valence-corrected chi connectivity index (χ0v) is 17.8. The van der Waals surface area contributed by atoms with Crippen molar-refractivity contribution >= 4 is 11.6 Å². The van der Waals surface area contributed by atoms with E-state index in [-0.39, 0.29) is 12.4 Å². The first-order valence-electron chi connectivity index (χ1n) is 9.66. The molecular weight excluding hydrogens is 405 g/mol. The summed E-state index contributed by atoms with van der Waals surface area (Å²) in [7, 11) is 3.24. The van der Waals surface area contributed by atoms with Crippen LogP contribution in [0.3, 0.4) is 0 Å². The first kappa shape index (κ1) is 21.9. The van der Waals surface area contributed by atoms with Crippen molar-refractivity contribution in [2.75, 3.05) is 20.8 Å². The Balaban J connectivity index is 1.55. The van der Waals surface area contributed by atoms with Crippen molar-refractivity contribution < 1.29 is 18.6 Å². The largest absolute Gasteiger partial charge is 0.497 e. The maximum absolute atomic E-state index is 13.0. The summed E-state index contributed by atoms with van der Waals surface area (Å²) >= 11 is 6.44. The molecule has 0 radical (unpaired) electrons. The Morgan fingerprint density at radius 2 is 1.57 bits per heavy atom. The monoisotopic (exact) mass is 429 g/mol. The van der Waals surface area contributed by atoms with E-state index in [0.29, 0.717) is 23.1 Å². The van der Waals surface area contributed by atoms with Gasteiger partial charge in [-0.3, -0.25) is 0 Å². The molecule has 0 saturated carbocycles. The van der Waals surface area contributed by atoms with E-state index >= 15 is 0 Å². The van der Waals surface area contributed by atoms with Crippen LogP contribution in [0.15, 0.2) is 60.7 Å². The molecule has 0 aliphatic carbocycles. The smallest absolute Gasteiger partial charge is 0.180 e. The lowest BCUT2D eigenvalue weighted by molar-refractivity contribution is 0.284. The molecule has 1 N–H and O–H groups in total. The minimum absolute atomic E-state index is 0.274. The number of hydrogen-bond donors (Lipinski definition) is 1. The van der Waals surface area contributed by atoms with Crippen LogP contribution in [-0.4, -0.2) is 20.8 Å². The summed E-state index contributed by atoms with van der Waals surface area (Å²) in [6.07, 6.45) is 0.910. The Morgan fingerprint density at radius 3 is 2.23 bits per heavy atom. The molecule has 30 heavy (non-hydrogen) atoms. The fourth-order valence-corrected chi connectivity index (χ4v) is 3.30. The van der Waals surface area contributed by atoms with Gasteiger partial charge in [0.1, 0.15) is 18.2 Å². The Labute approximate surface area is 181 Å². The van der Waals surface area contributed by atoms with Gasteiger partial charge in [0.15, 0.2) is 11.5 Å². The molecule has 0 bridgehead atoms. The molecule has 3 aromatic carbocycles. The highest BCUT2D eigenvalue weighted by molar-refractivity contribution is 6.32. The number of nitrogens with one attached hydrogen (secondary N) is 1. The normalized spacial score (nSPS) is 10.7. The van der Waals surface area contributed by atoms with Gasteiger partial charge in [-0.25, -0.2) is 4.39 Å². The van der Waals surface area contributed by atoms with Gasteiger partial charge in [-0.1, -0.05) is 35.9 Å². The summed E-state index contributed by atoms with van der Waals surface area (Å²) in [6.45, 7) is 1.76. The average Bonchev–Trinajstić information content (AvgIpc) is 2.77. The summed E-state index contributed by atoms with van der Waals surface area (Å²) in [6, 6.07) is 18.0. The van der Waals surface area contributed by atoms with Crippen molar-refractivity contribution in [1.29, 1.82) is 0 Å². The first-order valence-corrected chi connectivity index (χ1v) is 10.0. The molecule has 0 unspecified atom stereocenters. The van der Waals surface area contributed by atoms with Crippen LogP contribution in [0.2, 0.25) is 5.02 Å². The molecule has 0 spiro atoms. The molecule has 0 atom stereocenters. The van der Waals surface area contributed by atoms with Crippen molar-refractivity contribution in [1.82, 2.24) is 5.32 Å². The fourth-order valence-electron chi connectivity index (χ4n) is 3.01. The molecule has 158 valence electrons. The number of benzene rings is 3. The van der Waals surface area contributed by atoms with Crippen LogP contribution >= 0.6 is 11.6 Å². The Bertz CT molecular complexity index is 946. The molecule has 0 aromatic heterocycles. The molecule has 0 saturated heterocycles. The maximum atomic E-state index is 13.0. The van der Waals surface area contributed by atoms with Gasteiger partial charge in [0.05, 0.1) is 19.2 Å². The zero-order valence-electron chi connectivity index (χ0n) is 17.1. The molecule has 0 amide bonds. The second-order valence-corrected chi connectivity index (χ2v) is 7.21. The van der Waals surface area contributed by atoms with Crippen molar-refractivity contribution in [2.24, 2.45) is 0 Å². The van der Waals surface area contributed by atoms with Gasteiger partial charge in [-0.2, -0.15) is 0 Å². The van der Waals surface area contributed by atoms with Crippen molar-refractivity contribution in [3.63, 3.8) is 0 Å². The number of halogens is 2. The van der Waals surface area contributed by atoms with Crippen LogP contribution in [0.25, 0.3) is 0 Å². The number of ether oxygens (including phenoxy) is 3. The molecule has 4 nitrogen and oxygen atoms in total. The van der Waals surface area contributed by atoms with Crippen LogP contribution < -0.4 is 19.5 Å². The lowest BCUT2D eigenvalue weighted by Gasteiger charge is -2.15. The topological polar surface area (TPSA) is 39.7 Å². The summed E-state index contributed by atoms with van der Waals surface area (Å²) in [5.41, 5.74) is 3.09. The van der Waals surface area contributed by atoms with Gasteiger partial charge in [0.2, 0.25) is 0 Å². The van der Waals surface area contributed by atoms with E-state index in [1.807, 2.05) is 24.3 Å². The molecule has 6 heteroatoms. The third-order valence-corrected chi connectivity index (χ3v) is 4.95. The van der Waals surface area contributed by atoms with Crippen LogP contribution in [0.5, 0.6) is 17.2 Å². The Morgan fingerprint density at radius 1 is 0.867 bits per heavy atom.